The van der Waals surface area contributed by atoms with Crippen LogP contribution in [0, 0.1) is 12.7 Å². The molecule has 0 aliphatic heterocycles. The Morgan fingerprint density at radius 1 is 1.08 bits per heavy atom. The molecule has 5 nitrogen and oxygen atoms in total. The predicted molar refractivity (Wildman–Crippen MR) is 102 cm³/mol. The van der Waals surface area contributed by atoms with E-state index in [1.165, 1.54) is 31.4 Å². The molecule has 0 aromatic heterocycles. The molecule has 0 spiro atoms. The van der Waals surface area contributed by atoms with E-state index in [2.05, 4.69) is 20.9 Å². The van der Waals surface area contributed by atoms with Crippen LogP contribution in [0.1, 0.15) is 37.7 Å². The summed E-state index contributed by atoms with van der Waals surface area (Å²) in [6.07, 6.45) is 5.79. The molecule has 1 aliphatic carbocycles. The van der Waals surface area contributed by atoms with Crippen molar-refractivity contribution in [3.05, 3.63) is 53.8 Å². The van der Waals surface area contributed by atoms with Gasteiger partial charge in [0.15, 0.2) is 0 Å². The number of amides is 2. The second kappa shape index (κ2) is 8.56. The number of azo groups is 1. The van der Waals surface area contributed by atoms with Crippen LogP contribution in [0.25, 0.3) is 0 Å². The SMILES string of the molecule is Cc1ccc(/N=N/C2CCCCC2)c(NC(=O)Nc2cccc(F)c2)c1. The zero-order valence-electron chi connectivity index (χ0n) is 14.8. The summed E-state index contributed by atoms with van der Waals surface area (Å²) in [5.74, 6) is -0.402. The Morgan fingerprint density at radius 2 is 1.88 bits per heavy atom. The predicted octanol–water partition coefficient (Wildman–Crippen LogP) is 6.19. The smallest absolute Gasteiger partial charge is 0.308 e. The topological polar surface area (TPSA) is 65.8 Å². The zero-order chi connectivity index (χ0) is 18.4. The Labute approximate surface area is 152 Å². The van der Waals surface area contributed by atoms with Gasteiger partial charge in [-0.3, -0.25) is 0 Å². The quantitative estimate of drug-likeness (QED) is 0.631. The molecule has 3 rings (SSSR count). The Hall–Kier alpha value is -2.76. The lowest BCUT2D eigenvalue weighted by Gasteiger charge is -2.16. The highest BCUT2D eigenvalue weighted by molar-refractivity contribution is 6.01. The third-order valence-electron chi connectivity index (χ3n) is 4.39. The van der Waals surface area contributed by atoms with Crippen molar-refractivity contribution in [3.63, 3.8) is 0 Å². The Kier molecular flexibility index (Phi) is 5.94. The first kappa shape index (κ1) is 18.0. The number of rotatable bonds is 4. The molecule has 2 N–H and O–H groups in total. The monoisotopic (exact) mass is 354 g/mol. The van der Waals surface area contributed by atoms with Crippen molar-refractivity contribution in [2.75, 3.05) is 10.6 Å². The van der Waals surface area contributed by atoms with Crippen LogP contribution in [0.5, 0.6) is 0 Å². The summed E-state index contributed by atoms with van der Waals surface area (Å²) in [4.78, 5) is 12.2. The van der Waals surface area contributed by atoms with E-state index in [1.54, 1.807) is 12.1 Å². The number of halogens is 1. The van der Waals surface area contributed by atoms with Gasteiger partial charge in [-0.05, 0) is 55.7 Å². The first-order valence-corrected chi connectivity index (χ1v) is 8.95. The Bertz CT molecular complexity index is 800. The lowest BCUT2D eigenvalue weighted by atomic mass is 9.96. The molecule has 2 aromatic carbocycles. The van der Waals surface area contributed by atoms with Gasteiger partial charge in [-0.15, -0.1) is 0 Å². The number of hydrogen-bond donors (Lipinski definition) is 2. The van der Waals surface area contributed by atoms with Gasteiger partial charge in [0.05, 0.1) is 11.7 Å². The minimum Gasteiger partial charge on any atom is -0.308 e. The van der Waals surface area contributed by atoms with E-state index in [1.807, 2.05) is 25.1 Å². The molecule has 0 heterocycles. The number of aryl methyl sites for hydroxylation is 1. The third kappa shape index (κ3) is 5.12. The third-order valence-corrected chi connectivity index (χ3v) is 4.39. The summed E-state index contributed by atoms with van der Waals surface area (Å²) < 4.78 is 13.2. The molecular weight excluding hydrogens is 331 g/mol. The average molecular weight is 354 g/mol. The van der Waals surface area contributed by atoms with Gasteiger partial charge in [-0.25, -0.2) is 9.18 Å². The van der Waals surface area contributed by atoms with Gasteiger partial charge in [0.1, 0.15) is 11.5 Å². The second-order valence-corrected chi connectivity index (χ2v) is 6.62. The number of nitrogens with one attached hydrogen (secondary N) is 2. The minimum absolute atomic E-state index is 0.263. The van der Waals surface area contributed by atoms with Gasteiger partial charge in [0, 0.05) is 5.69 Å². The summed E-state index contributed by atoms with van der Waals surface area (Å²) in [5.41, 5.74) is 2.59. The number of anilines is 2. The van der Waals surface area contributed by atoms with Crippen molar-refractivity contribution in [2.24, 2.45) is 10.2 Å². The van der Waals surface area contributed by atoms with Gasteiger partial charge in [-0.2, -0.15) is 10.2 Å². The van der Waals surface area contributed by atoms with Crippen LogP contribution in [-0.4, -0.2) is 12.1 Å². The summed E-state index contributed by atoms with van der Waals surface area (Å²) in [6.45, 7) is 1.94. The molecule has 1 fully saturated rings. The van der Waals surface area contributed by atoms with Gasteiger partial charge < -0.3 is 10.6 Å². The van der Waals surface area contributed by atoms with Crippen LogP contribution in [0.4, 0.5) is 26.2 Å². The normalized spacial score (nSPS) is 15.2. The average Bonchev–Trinajstić information content (AvgIpc) is 2.62. The number of nitrogens with zero attached hydrogens (tertiary/aromatic N) is 2. The number of urea groups is 1. The summed E-state index contributed by atoms with van der Waals surface area (Å²) in [7, 11) is 0. The van der Waals surface area contributed by atoms with E-state index >= 15 is 0 Å². The molecule has 0 unspecified atom stereocenters. The van der Waals surface area contributed by atoms with E-state index < -0.39 is 11.8 Å². The van der Waals surface area contributed by atoms with Crippen molar-refractivity contribution < 1.29 is 9.18 Å². The van der Waals surface area contributed by atoms with Crippen molar-refractivity contribution in [3.8, 4) is 0 Å². The minimum atomic E-state index is -0.449. The van der Waals surface area contributed by atoms with Crippen LogP contribution < -0.4 is 10.6 Å². The number of benzene rings is 2. The Balaban J connectivity index is 1.70. The van der Waals surface area contributed by atoms with Gasteiger partial charge in [0.2, 0.25) is 0 Å². The molecule has 2 amide bonds. The molecule has 0 atom stereocenters. The second-order valence-electron chi connectivity index (χ2n) is 6.62. The maximum atomic E-state index is 13.2. The number of carbonyl (C=O) groups is 1. The molecule has 0 saturated heterocycles. The molecule has 26 heavy (non-hydrogen) atoms. The van der Waals surface area contributed by atoms with Crippen LogP contribution >= 0.6 is 0 Å². The lowest BCUT2D eigenvalue weighted by Crippen LogP contribution is -2.19. The fraction of sp³-hybridized carbons (Fsp3) is 0.350. The van der Waals surface area contributed by atoms with Crippen molar-refractivity contribution in [1.82, 2.24) is 0 Å². The van der Waals surface area contributed by atoms with Crippen LogP contribution in [0.2, 0.25) is 0 Å². The number of carbonyl (C=O) groups excluding carboxylic acids is 1. The van der Waals surface area contributed by atoms with E-state index in [4.69, 9.17) is 0 Å². The molecule has 0 bridgehead atoms. The maximum Gasteiger partial charge on any atom is 0.323 e. The highest BCUT2D eigenvalue weighted by Gasteiger charge is 2.13. The maximum absolute atomic E-state index is 13.2. The molecule has 6 heteroatoms. The molecular formula is C20H23FN4O. The first-order chi connectivity index (χ1) is 12.6. The van der Waals surface area contributed by atoms with E-state index in [9.17, 15) is 9.18 Å². The largest absolute Gasteiger partial charge is 0.323 e. The van der Waals surface area contributed by atoms with Gasteiger partial charge in [-0.1, -0.05) is 31.4 Å². The highest BCUT2D eigenvalue weighted by atomic mass is 19.1. The Morgan fingerprint density at radius 3 is 2.65 bits per heavy atom. The standard InChI is InChI=1S/C20H23FN4O/c1-14-10-11-18(25-24-16-7-3-2-4-8-16)19(12-14)23-20(26)22-17-9-5-6-15(21)13-17/h5-6,9-13,16H,2-4,7-8H2,1H3,(H2,22,23,26)/b25-24+. The molecule has 136 valence electrons. The van der Waals surface area contributed by atoms with Crippen LogP contribution in [0.3, 0.4) is 0 Å². The van der Waals surface area contributed by atoms with Crippen molar-refractivity contribution >= 4 is 23.1 Å². The van der Waals surface area contributed by atoms with E-state index in [0.29, 0.717) is 17.1 Å². The van der Waals surface area contributed by atoms with Crippen molar-refractivity contribution in [2.45, 2.75) is 45.1 Å². The molecule has 2 aromatic rings. The zero-order valence-corrected chi connectivity index (χ0v) is 14.8. The van der Waals surface area contributed by atoms with Crippen LogP contribution in [0.15, 0.2) is 52.7 Å². The van der Waals surface area contributed by atoms with Crippen molar-refractivity contribution in [1.29, 1.82) is 0 Å². The summed E-state index contributed by atoms with van der Waals surface area (Å²) in [6, 6.07) is 11.2. The van der Waals surface area contributed by atoms with Gasteiger partial charge in [0.25, 0.3) is 0 Å². The lowest BCUT2D eigenvalue weighted by molar-refractivity contribution is 0.262. The van der Waals surface area contributed by atoms with Gasteiger partial charge >= 0.3 is 6.03 Å². The summed E-state index contributed by atoms with van der Waals surface area (Å²) in [5, 5.41) is 14.2. The molecule has 1 saturated carbocycles. The fourth-order valence-corrected chi connectivity index (χ4v) is 3.03. The number of hydrogen-bond acceptors (Lipinski definition) is 3. The highest BCUT2D eigenvalue weighted by Crippen LogP contribution is 2.29. The van der Waals surface area contributed by atoms with E-state index in [0.717, 1.165) is 18.4 Å². The fourth-order valence-electron chi connectivity index (χ4n) is 3.03. The molecule has 0 radical (unpaired) electrons. The van der Waals surface area contributed by atoms with Crippen LogP contribution in [-0.2, 0) is 0 Å². The first-order valence-electron chi connectivity index (χ1n) is 8.95. The van der Waals surface area contributed by atoms with E-state index in [-0.39, 0.29) is 6.04 Å². The summed E-state index contributed by atoms with van der Waals surface area (Å²) >= 11 is 0. The molecule has 1 aliphatic rings.